The zero-order chi connectivity index (χ0) is 16.1. The summed E-state index contributed by atoms with van der Waals surface area (Å²) in [7, 11) is 3.56. The molecule has 0 amide bonds. The maximum Gasteiger partial charge on any atom is 0.305 e. The van der Waals surface area contributed by atoms with Crippen molar-refractivity contribution < 1.29 is 19.0 Å². The Morgan fingerprint density at radius 1 is 1.10 bits per heavy atom. The Hall–Kier alpha value is -0.650. The molecule has 0 aromatic carbocycles. The number of methoxy groups -OCH3 is 1. The van der Waals surface area contributed by atoms with Crippen molar-refractivity contribution in [2.75, 3.05) is 33.9 Å². The summed E-state index contributed by atoms with van der Waals surface area (Å²) in [6.07, 6.45) is 4.68. The van der Waals surface area contributed by atoms with Crippen LogP contribution in [-0.4, -0.2) is 57.1 Å². The third-order valence-electron chi connectivity index (χ3n) is 3.60. The molecule has 21 heavy (non-hydrogen) atoms. The molecule has 0 aliphatic heterocycles. The van der Waals surface area contributed by atoms with Gasteiger partial charge in [0.1, 0.15) is 0 Å². The number of ether oxygens (including phenoxy) is 3. The Balaban J connectivity index is 3.55. The van der Waals surface area contributed by atoms with E-state index < -0.39 is 0 Å². The van der Waals surface area contributed by atoms with E-state index >= 15 is 0 Å². The van der Waals surface area contributed by atoms with Gasteiger partial charge in [-0.3, -0.25) is 4.79 Å². The largest absolute Gasteiger partial charge is 0.469 e. The molecule has 5 heteroatoms. The van der Waals surface area contributed by atoms with Crippen LogP contribution in [0.5, 0.6) is 0 Å². The number of esters is 1. The Morgan fingerprint density at radius 3 is 2.38 bits per heavy atom. The summed E-state index contributed by atoms with van der Waals surface area (Å²) in [6, 6.07) is 0.378. The second kappa shape index (κ2) is 13.0. The summed E-state index contributed by atoms with van der Waals surface area (Å²) in [4.78, 5) is 13.3. The number of nitrogens with zero attached hydrogens (tertiary/aromatic N) is 1. The first kappa shape index (κ1) is 20.3. The molecule has 2 unspecified atom stereocenters. The highest BCUT2D eigenvalue weighted by atomic mass is 16.7. The topological polar surface area (TPSA) is 48.0 Å². The molecule has 0 saturated heterocycles. The van der Waals surface area contributed by atoms with Crippen molar-refractivity contribution in [1.82, 2.24) is 4.90 Å². The van der Waals surface area contributed by atoms with E-state index in [-0.39, 0.29) is 12.3 Å². The van der Waals surface area contributed by atoms with Gasteiger partial charge in [0.25, 0.3) is 0 Å². The van der Waals surface area contributed by atoms with Gasteiger partial charge in [0.15, 0.2) is 6.29 Å². The lowest BCUT2D eigenvalue weighted by Crippen LogP contribution is -2.35. The van der Waals surface area contributed by atoms with Crippen molar-refractivity contribution in [2.24, 2.45) is 0 Å². The van der Waals surface area contributed by atoms with E-state index in [4.69, 9.17) is 9.47 Å². The van der Waals surface area contributed by atoms with Crippen LogP contribution in [0.3, 0.4) is 0 Å². The zero-order valence-corrected chi connectivity index (χ0v) is 14.4. The van der Waals surface area contributed by atoms with Gasteiger partial charge in [-0.15, -0.1) is 0 Å². The SMILES string of the molecule is CCOC(C)OCC(C)N(C)CCCCCCC(=O)OC. The quantitative estimate of drug-likeness (QED) is 0.297. The molecule has 0 spiro atoms. The summed E-state index contributed by atoms with van der Waals surface area (Å²) >= 11 is 0. The number of hydrogen-bond donors (Lipinski definition) is 0. The van der Waals surface area contributed by atoms with Crippen LogP contribution >= 0.6 is 0 Å². The molecule has 0 aromatic rings. The zero-order valence-electron chi connectivity index (χ0n) is 14.4. The summed E-state index contributed by atoms with van der Waals surface area (Å²) in [5.41, 5.74) is 0. The molecule has 0 heterocycles. The van der Waals surface area contributed by atoms with E-state index in [9.17, 15) is 4.79 Å². The van der Waals surface area contributed by atoms with E-state index in [1.165, 1.54) is 7.11 Å². The number of carbonyl (C=O) groups excluding carboxylic acids is 1. The maximum atomic E-state index is 11.0. The molecule has 0 radical (unpaired) electrons. The first-order chi connectivity index (χ1) is 10.0. The van der Waals surface area contributed by atoms with Crippen LogP contribution in [0.4, 0.5) is 0 Å². The minimum absolute atomic E-state index is 0.110. The molecule has 0 N–H and O–H groups in total. The molecular formula is C16H33NO4. The Labute approximate surface area is 129 Å². The standard InChI is InChI=1S/C16H33NO4/c1-6-20-15(3)21-13-14(2)17(4)12-10-8-7-9-11-16(18)19-5/h14-15H,6-13H2,1-5H3. The smallest absolute Gasteiger partial charge is 0.305 e. The number of carbonyl (C=O) groups is 1. The molecule has 0 aromatic heterocycles. The van der Waals surface area contributed by atoms with Crippen LogP contribution in [0, 0.1) is 0 Å². The Bertz CT molecular complexity index is 261. The van der Waals surface area contributed by atoms with Crippen molar-refractivity contribution in [3.8, 4) is 0 Å². The highest BCUT2D eigenvalue weighted by molar-refractivity contribution is 5.68. The monoisotopic (exact) mass is 303 g/mol. The molecule has 0 bridgehead atoms. The second-order valence-electron chi connectivity index (χ2n) is 5.43. The van der Waals surface area contributed by atoms with Gasteiger partial charge in [-0.2, -0.15) is 0 Å². The fourth-order valence-corrected chi connectivity index (χ4v) is 1.99. The lowest BCUT2D eigenvalue weighted by atomic mass is 10.1. The van der Waals surface area contributed by atoms with Gasteiger partial charge in [0, 0.05) is 19.1 Å². The molecule has 0 aliphatic rings. The number of unbranched alkanes of at least 4 members (excludes halogenated alkanes) is 3. The van der Waals surface area contributed by atoms with Gasteiger partial charge in [0.05, 0.1) is 13.7 Å². The third-order valence-corrected chi connectivity index (χ3v) is 3.60. The minimum Gasteiger partial charge on any atom is -0.469 e. The number of rotatable bonds is 13. The predicted molar refractivity (Wildman–Crippen MR) is 84.2 cm³/mol. The van der Waals surface area contributed by atoms with Crippen LogP contribution in [0.25, 0.3) is 0 Å². The molecule has 0 rings (SSSR count). The van der Waals surface area contributed by atoms with E-state index in [1.807, 2.05) is 13.8 Å². The highest BCUT2D eigenvalue weighted by Gasteiger charge is 2.11. The van der Waals surface area contributed by atoms with Crippen molar-refractivity contribution >= 4 is 5.97 Å². The van der Waals surface area contributed by atoms with Gasteiger partial charge < -0.3 is 19.1 Å². The van der Waals surface area contributed by atoms with Crippen LogP contribution in [0.1, 0.15) is 52.9 Å². The van der Waals surface area contributed by atoms with Crippen LogP contribution in [0.2, 0.25) is 0 Å². The highest BCUT2D eigenvalue weighted by Crippen LogP contribution is 2.07. The summed E-state index contributed by atoms with van der Waals surface area (Å²) < 4.78 is 15.6. The van der Waals surface area contributed by atoms with Gasteiger partial charge >= 0.3 is 5.97 Å². The first-order valence-electron chi connectivity index (χ1n) is 8.01. The molecule has 0 fully saturated rings. The van der Waals surface area contributed by atoms with Crippen molar-refractivity contribution in [3.63, 3.8) is 0 Å². The first-order valence-corrected chi connectivity index (χ1v) is 8.01. The third kappa shape index (κ3) is 11.7. The summed E-state index contributed by atoms with van der Waals surface area (Å²) in [5, 5.41) is 0. The second-order valence-corrected chi connectivity index (χ2v) is 5.43. The Kier molecular flexibility index (Phi) is 12.6. The normalized spacial score (nSPS) is 14.2. The van der Waals surface area contributed by atoms with Crippen molar-refractivity contribution in [2.45, 2.75) is 65.2 Å². The fraction of sp³-hybridized carbons (Fsp3) is 0.938. The summed E-state index contributed by atoms with van der Waals surface area (Å²) in [6.45, 7) is 8.46. The van der Waals surface area contributed by atoms with E-state index in [2.05, 4.69) is 23.6 Å². The van der Waals surface area contributed by atoms with Gasteiger partial charge in [0.2, 0.25) is 0 Å². The average Bonchev–Trinajstić information content (AvgIpc) is 2.47. The predicted octanol–water partition coefficient (Wildman–Crippen LogP) is 2.83. The molecule has 5 nitrogen and oxygen atoms in total. The lowest BCUT2D eigenvalue weighted by molar-refractivity contribution is -0.140. The number of hydrogen-bond acceptors (Lipinski definition) is 5. The van der Waals surface area contributed by atoms with Crippen molar-refractivity contribution in [3.05, 3.63) is 0 Å². The lowest BCUT2D eigenvalue weighted by Gasteiger charge is -2.25. The van der Waals surface area contributed by atoms with Crippen LogP contribution < -0.4 is 0 Å². The van der Waals surface area contributed by atoms with Crippen LogP contribution in [-0.2, 0) is 19.0 Å². The van der Waals surface area contributed by atoms with Crippen LogP contribution in [0.15, 0.2) is 0 Å². The maximum absolute atomic E-state index is 11.0. The van der Waals surface area contributed by atoms with E-state index in [0.29, 0.717) is 25.7 Å². The molecule has 0 aliphatic carbocycles. The molecule has 2 atom stereocenters. The van der Waals surface area contributed by atoms with E-state index in [1.54, 1.807) is 0 Å². The Morgan fingerprint density at radius 2 is 1.76 bits per heavy atom. The minimum atomic E-state index is -0.135. The van der Waals surface area contributed by atoms with E-state index in [0.717, 1.165) is 32.2 Å². The van der Waals surface area contributed by atoms with Crippen molar-refractivity contribution in [1.29, 1.82) is 0 Å². The molecule has 0 saturated carbocycles. The van der Waals surface area contributed by atoms with Gasteiger partial charge in [-0.1, -0.05) is 12.8 Å². The van der Waals surface area contributed by atoms with Gasteiger partial charge in [-0.05, 0) is 47.2 Å². The average molecular weight is 303 g/mol. The molecular weight excluding hydrogens is 270 g/mol. The summed E-state index contributed by atoms with van der Waals surface area (Å²) in [5.74, 6) is -0.110. The fourth-order valence-electron chi connectivity index (χ4n) is 1.99. The van der Waals surface area contributed by atoms with Gasteiger partial charge in [-0.25, -0.2) is 0 Å². The molecule has 126 valence electrons. The number of likely N-dealkylation sites (N-methyl/N-ethyl adjacent to an activating group) is 1.